The van der Waals surface area contributed by atoms with Crippen molar-refractivity contribution in [1.29, 1.82) is 0 Å². The highest BCUT2D eigenvalue weighted by Gasteiger charge is 2.30. The van der Waals surface area contributed by atoms with Gasteiger partial charge in [-0.2, -0.15) is 0 Å². The van der Waals surface area contributed by atoms with Crippen LogP contribution < -0.4 is 0 Å². The van der Waals surface area contributed by atoms with Gasteiger partial charge in [0.15, 0.2) is 0 Å². The first-order valence-electron chi connectivity index (χ1n) is 15.6. The van der Waals surface area contributed by atoms with E-state index >= 15 is 0 Å². The van der Waals surface area contributed by atoms with Crippen molar-refractivity contribution in [1.82, 2.24) is 14.5 Å². The van der Waals surface area contributed by atoms with Crippen molar-refractivity contribution in [2.45, 2.75) is 70.8 Å². The van der Waals surface area contributed by atoms with Crippen LogP contribution in [0.15, 0.2) is 60.7 Å². The number of thiophene rings is 1. The van der Waals surface area contributed by atoms with Crippen molar-refractivity contribution < 1.29 is 14.7 Å². The van der Waals surface area contributed by atoms with Crippen molar-refractivity contribution in [3.05, 3.63) is 76.7 Å². The van der Waals surface area contributed by atoms with Crippen molar-refractivity contribution in [2.24, 2.45) is 0 Å². The van der Waals surface area contributed by atoms with Crippen LogP contribution in [0.3, 0.4) is 0 Å². The minimum Gasteiger partial charge on any atom is -0.477 e. The maximum absolute atomic E-state index is 13.7. The molecule has 7 rings (SSSR count). The van der Waals surface area contributed by atoms with Crippen molar-refractivity contribution in [3.63, 3.8) is 0 Å². The number of aromatic nitrogens is 2. The summed E-state index contributed by atoms with van der Waals surface area (Å²) in [5.74, 6) is -0.454. The van der Waals surface area contributed by atoms with E-state index in [9.17, 15) is 14.7 Å². The lowest BCUT2D eigenvalue weighted by atomic mass is 9.83. The summed E-state index contributed by atoms with van der Waals surface area (Å²) >= 11 is 1.36. The van der Waals surface area contributed by atoms with Crippen molar-refractivity contribution in [2.75, 3.05) is 13.1 Å². The summed E-state index contributed by atoms with van der Waals surface area (Å²) in [5.41, 5.74) is 8.41. The number of pyridine rings is 1. The van der Waals surface area contributed by atoms with Crippen LogP contribution in [0.5, 0.6) is 0 Å². The predicted octanol–water partition coefficient (Wildman–Crippen LogP) is 8.65. The van der Waals surface area contributed by atoms with Gasteiger partial charge in [-0.05, 0) is 86.4 Å². The zero-order valence-corrected chi connectivity index (χ0v) is 25.5. The Labute approximate surface area is 256 Å². The first kappa shape index (κ1) is 27.8. The molecular weight excluding hydrogens is 554 g/mol. The molecule has 1 saturated carbocycles. The zero-order chi connectivity index (χ0) is 29.5. The Kier molecular flexibility index (Phi) is 7.51. The van der Waals surface area contributed by atoms with Gasteiger partial charge in [0.05, 0.1) is 27.1 Å². The third kappa shape index (κ3) is 5.35. The molecule has 5 aromatic rings. The number of nitrogens with zero attached hydrogens (tertiary/aromatic N) is 3. The standard InChI is InChI=1S/C36H37N3O3S/c1-23-9-8-12-25(19-23)28-15-13-26-20-27(14-16-29(26)37-28)34-33(24-10-4-2-5-11-24)35-30(21-31(43-35)36(41)42)39(34)22-32(40)38-17-6-3-7-18-38/h8-9,12-16,19-21,24H,2-7,10-11,17-18,22H2,1H3,(H,41,42). The average Bonchev–Trinajstić information content (AvgIpc) is 3.60. The summed E-state index contributed by atoms with van der Waals surface area (Å²) in [5, 5.41) is 11.0. The highest BCUT2D eigenvalue weighted by Crippen LogP contribution is 2.47. The van der Waals surface area contributed by atoms with Gasteiger partial charge in [-0.1, -0.05) is 55.2 Å². The van der Waals surface area contributed by atoms with Crippen LogP contribution in [0.4, 0.5) is 0 Å². The largest absolute Gasteiger partial charge is 0.477 e. The molecule has 0 radical (unpaired) electrons. The SMILES string of the molecule is Cc1cccc(-c2ccc3cc(-c4c(C5CCCCC5)c5sc(C(=O)O)cc5n4CC(=O)N4CCCCC4)ccc3n2)c1. The molecule has 1 aliphatic heterocycles. The topological polar surface area (TPSA) is 75.4 Å². The minimum atomic E-state index is -0.910. The quantitative estimate of drug-likeness (QED) is 0.214. The third-order valence-electron chi connectivity index (χ3n) is 9.28. The number of amides is 1. The van der Waals surface area contributed by atoms with Gasteiger partial charge < -0.3 is 14.6 Å². The van der Waals surface area contributed by atoms with Crippen molar-refractivity contribution in [3.8, 4) is 22.5 Å². The normalized spacial score (nSPS) is 16.3. The Morgan fingerprint density at radius 3 is 2.47 bits per heavy atom. The van der Waals surface area contributed by atoms with Gasteiger partial charge in [0.2, 0.25) is 5.91 Å². The molecule has 0 atom stereocenters. The fourth-order valence-electron chi connectivity index (χ4n) is 7.12. The van der Waals surface area contributed by atoms with Crippen LogP contribution in [0, 0.1) is 6.92 Å². The highest BCUT2D eigenvalue weighted by molar-refractivity contribution is 7.21. The van der Waals surface area contributed by atoms with E-state index in [1.54, 1.807) is 6.07 Å². The summed E-state index contributed by atoms with van der Waals surface area (Å²) in [6.07, 6.45) is 8.99. The molecule has 1 N–H and O–H groups in total. The Hall–Kier alpha value is -3.97. The predicted molar refractivity (Wildman–Crippen MR) is 174 cm³/mol. The van der Waals surface area contributed by atoms with Crippen LogP contribution >= 0.6 is 11.3 Å². The Morgan fingerprint density at radius 1 is 0.907 bits per heavy atom. The highest BCUT2D eigenvalue weighted by atomic mass is 32.1. The number of fused-ring (bicyclic) bond motifs is 2. The molecule has 7 heteroatoms. The lowest BCUT2D eigenvalue weighted by molar-refractivity contribution is -0.132. The van der Waals surface area contributed by atoms with E-state index in [-0.39, 0.29) is 12.5 Å². The number of hydrogen-bond donors (Lipinski definition) is 1. The first-order chi connectivity index (χ1) is 21.0. The van der Waals surface area contributed by atoms with Crippen molar-refractivity contribution >= 4 is 44.3 Å². The molecule has 220 valence electrons. The Morgan fingerprint density at radius 2 is 1.70 bits per heavy atom. The maximum Gasteiger partial charge on any atom is 0.345 e. The number of rotatable bonds is 6. The van der Waals surface area contributed by atoms with E-state index in [1.165, 1.54) is 41.7 Å². The van der Waals surface area contributed by atoms with E-state index in [2.05, 4.69) is 66.1 Å². The fourth-order valence-corrected chi connectivity index (χ4v) is 8.24. The molecule has 2 fully saturated rings. The molecular formula is C36H37N3O3S. The molecule has 4 heterocycles. The van der Waals surface area contributed by atoms with Gasteiger partial charge in [0.25, 0.3) is 0 Å². The second-order valence-corrected chi connectivity index (χ2v) is 13.3. The lowest BCUT2D eigenvalue weighted by Crippen LogP contribution is -2.37. The Balaban J connectivity index is 1.39. The average molecular weight is 592 g/mol. The number of likely N-dealkylation sites (tertiary alicyclic amines) is 1. The van der Waals surface area contributed by atoms with Crippen LogP contribution in [-0.4, -0.2) is 44.5 Å². The minimum absolute atomic E-state index is 0.112. The molecule has 0 spiro atoms. The Bertz CT molecular complexity index is 1840. The number of carboxylic acids is 1. The first-order valence-corrected chi connectivity index (χ1v) is 16.4. The number of aromatic carboxylic acids is 1. The number of hydrogen-bond acceptors (Lipinski definition) is 4. The lowest BCUT2D eigenvalue weighted by Gasteiger charge is -2.28. The number of benzene rings is 2. The maximum atomic E-state index is 13.7. The number of carboxylic acid groups (broad SMARTS) is 1. The second-order valence-electron chi connectivity index (χ2n) is 12.2. The van der Waals surface area contributed by atoms with E-state index in [0.717, 1.165) is 88.8 Å². The fraction of sp³-hybridized carbons (Fsp3) is 0.361. The molecule has 6 nitrogen and oxygen atoms in total. The summed E-state index contributed by atoms with van der Waals surface area (Å²) in [7, 11) is 0. The van der Waals surface area contributed by atoms with E-state index in [4.69, 9.17) is 4.98 Å². The van der Waals surface area contributed by atoms with Crippen LogP contribution in [0.1, 0.15) is 78.1 Å². The smallest absolute Gasteiger partial charge is 0.345 e. The monoisotopic (exact) mass is 591 g/mol. The molecule has 1 saturated heterocycles. The molecule has 2 aliphatic rings. The summed E-state index contributed by atoms with van der Waals surface area (Å²) in [6, 6.07) is 20.9. The van der Waals surface area contributed by atoms with E-state index in [0.29, 0.717) is 10.8 Å². The van der Waals surface area contributed by atoms with Crippen LogP contribution in [0.25, 0.3) is 43.6 Å². The summed E-state index contributed by atoms with van der Waals surface area (Å²) in [4.78, 5) is 33.1. The van der Waals surface area contributed by atoms with E-state index < -0.39 is 5.97 Å². The number of piperidine rings is 1. The van der Waals surface area contributed by atoms with Gasteiger partial charge in [-0.15, -0.1) is 11.3 Å². The molecule has 1 amide bonds. The molecule has 1 aliphatic carbocycles. The van der Waals surface area contributed by atoms with Gasteiger partial charge in [0, 0.05) is 24.0 Å². The van der Waals surface area contributed by atoms with Gasteiger partial charge >= 0.3 is 5.97 Å². The summed E-state index contributed by atoms with van der Waals surface area (Å²) in [6.45, 7) is 3.90. The van der Waals surface area contributed by atoms with Crippen LogP contribution in [-0.2, 0) is 11.3 Å². The molecule has 43 heavy (non-hydrogen) atoms. The molecule has 0 unspecified atom stereocenters. The number of carbonyl (C=O) groups excluding carboxylic acids is 1. The second kappa shape index (κ2) is 11.6. The van der Waals surface area contributed by atoms with Crippen LogP contribution in [0.2, 0.25) is 0 Å². The van der Waals surface area contributed by atoms with E-state index in [1.807, 2.05) is 4.90 Å². The van der Waals surface area contributed by atoms with Gasteiger partial charge in [-0.3, -0.25) is 4.79 Å². The molecule has 0 bridgehead atoms. The number of carbonyl (C=O) groups is 2. The zero-order valence-electron chi connectivity index (χ0n) is 24.6. The molecule has 2 aromatic carbocycles. The van der Waals surface area contributed by atoms with Gasteiger partial charge in [0.1, 0.15) is 11.4 Å². The number of aryl methyl sites for hydroxylation is 1. The van der Waals surface area contributed by atoms with Gasteiger partial charge in [-0.25, -0.2) is 9.78 Å². The molecule has 3 aromatic heterocycles. The third-order valence-corrected chi connectivity index (χ3v) is 10.4. The summed E-state index contributed by atoms with van der Waals surface area (Å²) < 4.78 is 3.16.